The Kier molecular flexibility index (Phi) is 5.77. The van der Waals surface area contributed by atoms with E-state index in [1.807, 2.05) is 36.4 Å². The van der Waals surface area contributed by atoms with Crippen molar-refractivity contribution in [1.29, 1.82) is 0 Å². The first kappa shape index (κ1) is 19.1. The van der Waals surface area contributed by atoms with Gasteiger partial charge in [0, 0.05) is 21.6 Å². The summed E-state index contributed by atoms with van der Waals surface area (Å²) in [5.74, 6) is 0.757. The number of thioether (sulfide) groups is 1. The highest BCUT2D eigenvalue weighted by atomic mass is 79.9. The summed E-state index contributed by atoms with van der Waals surface area (Å²) in [6.07, 6.45) is 4.69. The topological polar surface area (TPSA) is 70.0 Å². The molecule has 2 aliphatic heterocycles. The van der Waals surface area contributed by atoms with Crippen LogP contribution >= 0.6 is 27.7 Å². The number of nitrogens with zero attached hydrogens (tertiary/aromatic N) is 4. The SMILES string of the molecule is CCCCCSC1=NN2C(=c3cc(Br)ccc3=NC2c2ccccn2)C(=O)N1. The van der Waals surface area contributed by atoms with Gasteiger partial charge < -0.3 is 0 Å². The molecule has 2 aliphatic rings. The van der Waals surface area contributed by atoms with Gasteiger partial charge in [-0.05, 0) is 36.8 Å². The maximum atomic E-state index is 13.0. The first-order chi connectivity index (χ1) is 13.7. The molecule has 0 radical (unpaired) electrons. The number of hydrogen-bond donors (Lipinski definition) is 1. The molecule has 4 rings (SSSR count). The van der Waals surface area contributed by atoms with Crippen LogP contribution in [0.5, 0.6) is 0 Å². The number of amides is 1. The van der Waals surface area contributed by atoms with Gasteiger partial charge in [0.1, 0.15) is 5.70 Å². The van der Waals surface area contributed by atoms with E-state index >= 15 is 0 Å². The fourth-order valence-electron chi connectivity index (χ4n) is 3.16. The summed E-state index contributed by atoms with van der Waals surface area (Å²) in [4.78, 5) is 22.3. The van der Waals surface area contributed by atoms with Crippen molar-refractivity contribution in [2.75, 3.05) is 5.75 Å². The maximum Gasteiger partial charge on any atom is 0.276 e. The zero-order chi connectivity index (χ0) is 19.5. The number of hydrogen-bond acceptors (Lipinski definition) is 6. The van der Waals surface area contributed by atoms with Crippen molar-refractivity contribution < 1.29 is 4.79 Å². The summed E-state index contributed by atoms with van der Waals surface area (Å²) in [7, 11) is 0. The van der Waals surface area contributed by atoms with E-state index < -0.39 is 6.17 Å². The van der Waals surface area contributed by atoms with Crippen molar-refractivity contribution in [2.24, 2.45) is 10.1 Å². The quantitative estimate of drug-likeness (QED) is 0.700. The van der Waals surface area contributed by atoms with Gasteiger partial charge in [-0.3, -0.25) is 20.1 Å². The Morgan fingerprint density at radius 1 is 1.25 bits per heavy atom. The third kappa shape index (κ3) is 3.84. The Labute approximate surface area is 176 Å². The lowest BCUT2D eigenvalue weighted by molar-refractivity contribution is -0.116. The second kappa shape index (κ2) is 8.45. The second-order valence-electron chi connectivity index (χ2n) is 6.53. The number of aromatic nitrogens is 1. The highest BCUT2D eigenvalue weighted by Crippen LogP contribution is 2.29. The molecule has 1 unspecified atom stereocenters. The van der Waals surface area contributed by atoms with Crippen LogP contribution in [0.3, 0.4) is 0 Å². The van der Waals surface area contributed by atoms with Crippen molar-refractivity contribution in [3.63, 3.8) is 0 Å². The van der Waals surface area contributed by atoms with Crippen LogP contribution in [-0.4, -0.2) is 26.8 Å². The summed E-state index contributed by atoms with van der Waals surface area (Å²) in [6, 6.07) is 11.4. The minimum absolute atomic E-state index is 0.164. The molecule has 8 heteroatoms. The number of fused-ring (bicyclic) bond motifs is 2. The molecule has 6 nitrogen and oxygen atoms in total. The van der Waals surface area contributed by atoms with E-state index in [-0.39, 0.29) is 5.91 Å². The Hall–Kier alpha value is -2.19. The van der Waals surface area contributed by atoms with Crippen LogP contribution in [-0.2, 0) is 4.79 Å². The number of rotatable bonds is 5. The van der Waals surface area contributed by atoms with Crippen molar-refractivity contribution in [3.8, 4) is 0 Å². The summed E-state index contributed by atoms with van der Waals surface area (Å²) in [6.45, 7) is 2.17. The minimum Gasteiger partial charge on any atom is -0.298 e. The lowest BCUT2D eigenvalue weighted by Gasteiger charge is -2.33. The van der Waals surface area contributed by atoms with Crippen LogP contribution in [0.4, 0.5) is 0 Å². The van der Waals surface area contributed by atoms with Gasteiger partial charge >= 0.3 is 0 Å². The molecule has 0 spiro atoms. The first-order valence-electron chi connectivity index (χ1n) is 9.28. The summed E-state index contributed by atoms with van der Waals surface area (Å²) in [5.41, 5.74) is 1.25. The van der Waals surface area contributed by atoms with E-state index in [1.54, 1.807) is 23.0 Å². The average Bonchev–Trinajstić information content (AvgIpc) is 2.71. The molecule has 1 atom stereocenters. The summed E-state index contributed by atoms with van der Waals surface area (Å²) < 4.78 is 0.890. The fourth-order valence-corrected chi connectivity index (χ4v) is 4.37. The smallest absolute Gasteiger partial charge is 0.276 e. The van der Waals surface area contributed by atoms with Crippen molar-refractivity contribution in [2.45, 2.75) is 32.4 Å². The molecule has 0 saturated carbocycles. The van der Waals surface area contributed by atoms with E-state index in [0.29, 0.717) is 10.9 Å². The molecular weight excluding hydrogens is 438 g/mol. The summed E-state index contributed by atoms with van der Waals surface area (Å²) in [5, 5.41) is 11.5. The molecule has 28 heavy (non-hydrogen) atoms. The van der Waals surface area contributed by atoms with Crippen molar-refractivity contribution in [1.82, 2.24) is 15.3 Å². The number of hydrazone groups is 1. The number of unbranched alkanes of at least 4 members (excludes halogenated alkanes) is 2. The minimum atomic E-state index is -0.470. The van der Waals surface area contributed by atoms with Gasteiger partial charge in [-0.2, -0.15) is 0 Å². The average molecular weight is 458 g/mol. The third-order valence-electron chi connectivity index (χ3n) is 4.51. The van der Waals surface area contributed by atoms with E-state index in [1.165, 1.54) is 6.42 Å². The number of amidine groups is 1. The van der Waals surface area contributed by atoms with Gasteiger partial charge in [0.15, 0.2) is 11.3 Å². The number of benzene rings is 1. The van der Waals surface area contributed by atoms with Gasteiger partial charge in [0.2, 0.25) is 0 Å². The molecule has 0 bridgehead atoms. The molecule has 144 valence electrons. The van der Waals surface area contributed by atoms with E-state index in [0.717, 1.165) is 39.3 Å². The van der Waals surface area contributed by atoms with E-state index in [9.17, 15) is 4.79 Å². The Bertz CT molecular complexity index is 1040. The molecule has 1 amide bonds. The number of halogens is 1. The Balaban J connectivity index is 1.79. The first-order valence-corrected chi connectivity index (χ1v) is 11.1. The standard InChI is InChI=1S/C20H20BrN5OS/c1-2-3-6-11-28-20-24-19(27)17-14-12-13(21)8-9-15(14)23-18(26(17)25-20)16-7-4-5-10-22-16/h4-5,7-10,12,18H,2-3,6,11H2,1H3,(H,24,25,27). The normalized spacial score (nSPS) is 18.0. The number of carbonyl (C=O) groups is 1. The van der Waals surface area contributed by atoms with E-state index in [4.69, 9.17) is 10.1 Å². The fraction of sp³-hybridized carbons (Fsp3) is 0.300. The van der Waals surface area contributed by atoms with Crippen molar-refractivity contribution >= 4 is 44.5 Å². The van der Waals surface area contributed by atoms with Gasteiger partial charge in [-0.25, -0.2) is 5.01 Å². The Morgan fingerprint density at radius 2 is 2.14 bits per heavy atom. The number of nitrogens with one attached hydrogen (secondary N) is 1. The van der Waals surface area contributed by atoms with Crippen LogP contribution in [0.25, 0.3) is 5.70 Å². The molecule has 1 N–H and O–H groups in total. The van der Waals surface area contributed by atoms with Crippen LogP contribution in [0.15, 0.2) is 57.2 Å². The van der Waals surface area contributed by atoms with Gasteiger partial charge in [-0.15, -0.1) is 5.10 Å². The highest BCUT2D eigenvalue weighted by Gasteiger charge is 2.34. The van der Waals surface area contributed by atoms with Gasteiger partial charge in [0.25, 0.3) is 5.91 Å². The van der Waals surface area contributed by atoms with E-state index in [2.05, 4.69) is 33.2 Å². The molecular formula is C20H20BrN5OS. The van der Waals surface area contributed by atoms with Gasteiger partial charge in [0.05, 0.1) is 11.1 Å². The highest BCUT2D eigenvalue weighted by molar-refractivity contribution is 9.10. The lowest BCUT2D eigenvalue weighted by Crippen LogP contribution is -2.50. The Morgan fingerprint density at radius 3 is 2.93 bits per heavy atom. The number of carbonyl (C=O) groups excluding carboxylic acids is 1. The molecule has 3 heterocycles. The molecule has 0 saturated heterocycles. The largest absolute Gasteiger partial charge is 0.298 e. The predicted octanol–water partition coefficient (Wildman–Crippen LogP) is 2.91. The van der Waals surface area contributed by atoms with Crippen LogP contribution < -0.4 is 15.9 Å². The second-order valence-corrected chi connectivity index (χ2v) is 8.53. The predicted molar refractivity (Wildman–Crippen MR) is 115 cm³/mol. The van der Waals surface area contributed by atoms with Crippen LogP contribution in [0.2, 0.25) is 0 Å². The molecule has 1 aromatic carbocycles. The summed E-state index contributed by atoms with van der Waals surface area (Å²) >= 11 is 5.06. The lowest BCUT2D eigenvalue weighted by atomic mass is 10.1. The van der Waals surface area contributed by atoms with Crippen LogP contribution in [0.1, 0.15) is 38.0 Å². The molecule has 0 aliphatic carbocycles. The monoisotopic (exact) mass is 457 g/mol. The number of pyridine rings is 1. The molecule has 2 aromatic rings. The third-order valence-corrected chi connectivity index (χ3v) is 5.95. The maximum absolute atomic E-state index is 13.0. The molecule has 1 aromatic heterocycles. The molecule has 0 fully saturated rings. The van der Waals surface area contributed by atoms with Crippen molar-refractivity contribution in [3.05, 3.63) is 63.3 Å². The zero-order valence-corrected chi connectivity index (χ0v) is 17.8. The van der Waals surface area contributed by atoms with Gasteiger partial charge in [-0.1, -0.05) is 53.5 Å². The van der Waals surface area contributed by atoms with Crippen LogP contribution in [0, 0.1) is 0 Å². The zero-order valence-electron chi connectivity index (χ0n) is 15.4.